The molecule has 92 valence electrons. The predicted octanol–water partition coefficient (Wildman–Crippen LogP) is 0.963. The Morgan fingerprint density at radius 3 is 2.50 bits per heavy atom. The maximum absolute atomic E-state index is 11.9. The van der Waals surface area contributed by atoms with E-state index in [1.165, 1.54) is 6.08 Å². The third kappa shape index (κ3) is 2.75. The molecular weight excluding hydrogens is 250 g/mol. The van der Waals surface area contributed by atoms with Crippen LogP contribution in [0.2, 0.25) is 0 Å². The molecule has 0 saturated heterocycles. The van der Waals surface area contributed by atoms with Gasteiger partial charge >= 0.3 is 0 Å². The molecule has 1 N–H and O–H groups in total. The lowest BCUT2D eigenvalue weighted by atomic mass is 10.1. The molecular formula is C13H11NO3S. The molecule has 0 aliphatic heterocycles. The van der Waals surface area contributed by atoms with E-state index in [0.29, 0.717) is 5.56 Å². The van der Waals surface area contributed by atoms with E-state index in [2.05, 4.69) is 5.32 Å². The van der Waals surface area contributed by atoms with Crippen LogP contribution in [0.4, 0.5) is 0 Å². The average Bonchev–Trinajstić information content (AvgIpc) is 2.40. The maximum Gasteiger partial charge on any atom is 0.252 e. The van der Waals surface area contributed by atoms with E-state index in [9.17, 15) is 13.2 Å². The summed E-state index contributed by atoms with van der Waals surface area (Å²) >= 11 is 0. The lowest BCUT2D eigenvalue weighted by Gasteiger charge is -2.15. The number of hydrogen-bond acceptors (Lipinski definition) is 3. The fourth-order valence-electron chi connectivity index (χ4n) is 1.62. The van der Waals surface area contributed by atoms with Gasteiger partial charge in [0, 0.05) is 5.56 Å². The fourth-order valence-corrected chi connectivity index (χ4v) is 2.15. The van der Waals surface area contributed by atoms with Crippen LogP contribution in [0.5, 0.6) is 0 Å². The molecule has 5 heteroatoms. The van der Waals surface area contributed by atoms with Crippen molar-refractivity contribution in [3.8, 4) is 0 Å². The molecule has 18 heavy (non-hydrogen) atoms. The lowest BCUT2D eigenvalue weighted by Crippen LogP contribution is -2.39. The van der Waals surface area contributed by atoms with E-state index in [0.717, 1.165) is 0 Å². The van der Waals surface area contributed by atoms with Gasteiger partial charge in [0.2, 0.25) is 10.3 Å². The largest absolute Gasteiger partial charge is 0.341 e. The van der Waals surface area contributed by atoms with Crippen LogP contribution in [0.15, 0.2) is 54.6 Å². The van der Waals surface area contributed by atoms with Gasteiger partial charge < -0.3 is 5.32 Å². The van der Waals surface area contributed by atoms with E-state index < -0.39 is 16.3 Å². The molecule has 1 atom stereocenters. The van der Waals surface area contributed by atoms with E-state index >= 15 is 0 Å². The summed E-state index contributed by atoms with van der Waals surface area (Å²) in [6.07, 6.45) is 6.42. The molecule has 1 aliphatic rings. The highest BCUT2D eigenvalue weighted by Crippen LogP contribution is 2.04. The molecule has 2 rings (SSSR count). The number of nitrogens with one attached hydrogen (secondary N) is 1. The first-order chi connectivity index (χ1) is 8.68. The minimum atomic E-state index is -2.34. The summed E-state index contributed by atoms with van der Waals surface area (Å²) in [6, 6.07) is 8.05. The Morgan fingerprint density at radius 1 is 1.11 bits per heavy atom. The van der Waals surface area contributed by atoms with Gasteiger partial charge in [-0.3, -0.25) is 4.79 Å². The van der Waals surface area contributed by atoms with Crippen molar-refractivity contribution in [1.29, 1.82) is 0 Å². The number of benzene rings is 1. The minimum absolute atomic E-state index is 0.154. The van der Waals surface area contributed by atoms with Crippen molar-refractivity contribution in [3.63, 3.8) is 0 Å². The summed E-state index contributed by atoms with van der Waals surface area (Å²) < 4.78 is 22.0. The van der Waals surface area contributed by atoms with Gasteiger partial charge in [-0.1, -0.05) is 36.4 Å². The number of amides is 1. The van der Waals surface area contributed by atoms with Gasteiger partial charge in [-0.2, -0.15) is 8.42 Å². The second-order valence-electron chi connectivity index (χ2n) is 3.70. The van der Waals surface area contributed by atoms with Gasteiger partial charge in [-0.15, -0.1) is 0 Å². The summed E-state index contributed by atoms with van der Waals surface area (Å²) in [7, 11) is -2.34. The highest BCUT2D eigenvalue weighted by atomic mass is 32.2. The molecule has 1 unspecified atom stereocenters. The number of carbonyl (C=O) groups is 1. The van der Waals surface area contributed by atoms with E-state index in [1.54, 1.807) is 42.5 Å². The zero-order valence-electron chi connectivity index (χ0n) is 9.41. The first-order valence-corrected chi connectivity index (χ1v) is 6.43. The minimum Gasteiger partial charge on any atom is -0.341 e. The van der Waals surface area contributed by atoms with Crippen LogP contribution in [-0.4, -0.2) is 25.2 Å². The third-order valence-electron chi connectivity index (χ3n) is 2.50. The van der Waals surface area contributed by atoms with Crippen molar-refractivity contribution in [2.24, 2.45) is 0 Å². The van der Waals surface area contributed by atoms with Gasteiger partial charge in [0.1, 0.15) is 0 Å². The molecule has 1 aromatic rings. The van der Waals surface area contributed by atoms with Crippen LogP contribution in [-0.2, 0) is 10.3 Å². The molecule has 1 aromatic carbocycles. The fraction of sp³-hybridized carbons (Fsp3) is 0.0769. The van der Waals surface area contributed by atoms with Crippen LogP contribution in [0.1, 0.15) is 10.4 Å². The van der Waals surface area contributed by atoms with Gasteiger partial charge in [0.25, 0.3) is 5.91 Å². The Morgan fingerprint density at radius 2 is 1.83 bits per heavy atom. The van der Waals surface area contributed by atoms with Crippen molar-refractivity contribution in [2.45, 2.75) is 6.04 Å². The SMILES string of the molecule is O=C(NC1C=CC=CC1=S(=O)=O)c1ccccc1. The number of rotatable bonds is 2. The van der Waals surface area contributed by atoms with Crippen LogP contribution in [0.3, 0.4) is 0 Å². The molecule has 1 aliphatic carbocycles. The van der Waals surface area contributed by atoms with Gasteiger partial charge in [0.15, 0.2) is 0 Å². The second-order valence-corrected chi connectivity index (χ2v) is 4.64. The Labute approximate surface area is 106 Å². The van der Waals surface area contributed by atoms with Crippen LogP contribution in [0.25, 0.3) is 0 Å². The summed E-state index contributed by atoms with van der Waals surface area (Å²) in [6.45, 7) is 0. The monoisotopic (exact) mass is 261 g/mol. The quantitative estimate of drug-likeness (QED) is 0.807. The van der Waals surface area contributed by atoms with E-state index in [-0.39, 0.29) is 10.8 Å². The van der Waals surface area contributed by atoms with Crippen LogP contribution >= 0.6 is 0 Å². The molecule has 0 aromatic heterocycles. The summed E-state index contributed by atoms with van der Waals surface area (Å²) in [5.41, 5.74) is 0.497. The highest BCUT2D eigenvalue weighted by Gasteiger charge is 2.17. The van der Waals surface area contributed by atoms with Crippen molar-refractivity contribution < 1.29 is 13.2 Å². The smallest absolute Gasteiger partial charge is 0.252 e. The zero-order chi connectivity index (χ0) is 13.0. The third-order valence-corrected chi connectivity index (χ3v) is 3.27. The Hall–Kier alpha value is -2.14. The molecule has 0 saturated carbocycles. The first-order valence-electron chi connectivity index (χ1n) is 5.35. The topological polar surface area (TPSA) is 63.2 Å². The Balaban J connectivity index is 2.20. The van der Waals surface area contributed by atoms with Crippen molar-refractivity contribution >= 4 is 21.1 Å². The average molecular weight is 261 g/mol. The summed E-state index contributed by atoms with van der Waals surface area (Å²) in [5, 5.41) is 2.66. The predicted molar refractivity (Wildman–Crippen MR) is 69.9 cm³/mol. The van der Waals surface area contributed by atoms with Crippen molar-refractivity contribution in [1.82, 2.24) is 5.32 Å². The van der Waals surface area contributed by atoms with E-state index in [4.69, 9.17) is 0 Å². The van der Waals surface area contributed by atoms with E-state index in [1.807, 2.05) is 6.07 Å². The second kappa shape index (κ2) is 5.46. The molecule has 1 amide bonds. The highest BCUT2D eigenvalue weighted by molar-refractivity contribution is 7.73. The normalized spacial score (nSPS) is 17.6. The molecule has 0 heterocycles. The standard InChI is InChI=1S/C13H11NO3S/c15-13(10-6-2-1-3-7-10)14-11-8-4-5-9-12(11)18(16)17/h1-9,11H,(H,14,15). The summed E-state index contributed by atoms with van der Waals surface area (Å²) in [4.78, 5) is 12.1. The van der Waals surface area contributed by atoms with Crippen molar-refractivity contribution in [2.75, 3.05) is 0 Å². The van der Waals surface area contributed by atoms with Crippen LogP contribution in [0, 0.1) is 0 Å². The van der Waals surface area contributed by atoms with Gasteiger partial charge in [-0.05, 0) is 18.2 Å². The van der Waals surface area contributed by atoms with Gasteiger partial charge in [-0.25, -0.2) is 0 Å². The Bertz CT molecular complexity index is 634. The molecule has 4 nitrogen and oxygen atoms in total. The maximum atomic E-state index is 11.9. The van der Waals surface area contributed by atoms with Gasteiger partial charge in [0.05, 0.1) is 10.9 Å². The Kier molecular flexibility index (Phi) is 3.74. The number of allylic oxidation sites excluding steroid dienone is 2. The molecule has 0 fully saturated rings. The molecule has 0 spiro atoms. The zero-order valence-corrected chi connectivity index (χ0v) is 10.2. The molecule has 0 bridgehead atoms. The van der Waals surface area contributed by atoms with Crippen LogP contribution < -0.4 is 5.32 Å². The number of hydrogen-bond donors (Lipinski definition) is 1. The number of carbonyl (C=O) groups excluding carboxylic acids is 1. The first kappa shape index (κ1) is 12.3. The van der Waals surface area contributed by atoms with Crippen molar-refractivity contribution in [3.05, 3.63) is 60.2 Å². The summed E-state index contributed by atoms with van der Waals surface area (Å²) in [5.74, 6) is -0.302. The lowest BCUT2D eigenvalue weighted by molar-refractivity contribution is 0.0952. The molecule has 0 radical (unpaired) electrons.